The summed E-state index contributed by atoms with van der Waals surface area (Å²) in [5.74, 6) is 0. The molecular weight excluding hydrogens is 202 g/mol. The molecule has 2 aromatic rings. The van der Waals surface area contributed by atoms with Gasteiger partial charge in [0.2, 0.25) is 0 Å². The van der Waals surface area contributed by atoms with E-state index in [2.05, 4.69) is 17.5 Å². The highest BCUT2D eigenvalue weighted by atomic mass is 35.5. The first-order valence-corrected chi connectivity index (χ1v) is 5.42. The van der Waals surface area contributed by atoms with Crippen LogP contribution in [-0.2, 0) is 6.42 Å². The maximum absolute atomic E-state index is 6.09. The molecule has 0 bridgehead atoms. The van der Waals surface area contributed by atoms with Gasteiger partial charge in [0.1, 0.15) is 0 Å². The molecule has 0 aliphatic heterocycles. The Labute approximate surface area is 86.1 Å². The second-order valence-electron chi connectivity index (χ2n) is 2.94. The van der Waals surface area contributed by atoms with E-state index in [4.69, 9.17) is 17.3 Å². The van der Waals surface area contributed by atoms with Crippen molar-refractivity contribution in [2.45, 2.75) is 6.42 Å². The van der Waals surface area contributed by atoms with Crippen LogP contribution in [0.15, 0.2) is 23.6 Å². The van der Waals surface area contributed by atoms with Gasteiger partial charge in [0.15, 0.2) is 0 Å². The Morgan fingerprint density at radius 1 is 1.38 bits per heavy atom. The molecule has 2 rings (SSSR count). The quantitative estimate of drug-likeness (QED) is 0.812. The number of hydrogen-bond donors (Lipinski definition) is 1. The first-order chi connectivity index (χ1) is 6.31. The van der Waals surface area contributed by atoms with Gasteiger partial charge in [-0.3, -0.25) is 0 Å². The second-order valence-corrected chi connectivity index (χ2v) is 4.30. The van der Waals surface area contributed by atoms with E-state index in [0.717, 1.165) is 17.0 Å². The Bertz CT molecular complexity index is 422. The fourth-order valence-corrected chi connectivity index (χ4v) is 2.51. The number of halogens is 1. The molecule has 0 radical (unpaired) electrons. The zero-order chi connectivity index (χ0) is 9.26. The van der Waals surface area contributed by atoms with Crippen LogP contribution in [0.25, 0.3) is 10.1 Å². The molecule has 1 aromatic carbocycles. The van der Waals surface area contributed by atoms with Gasteiger partial charge < -0.3 is 5.73 Å². The maximum atomic E-state index is 6.09. The molecule has 0 fully saturated rings. The van der Waals surface area contributed by atoms with Crippen LogP contribution in [0.2, 0.25) is 5.02 Å². The van der Waals surface area contributed by atoms with Crippen LogP contribution in [-0.4, -0.2) is 6.54 Å². The summed E-state index contributed by atoms with van der Waals surface area (Å²) in [6, 6.07) is 6.25. The van der Waals surface area contributed by atoms with Crippen molar-refractivity contribution in [2.24, 2.45) is 5.73 Å². The van der Waals surface area contributed by atoms with Crippen LogP contribution in [0.4, 0.5) is 0 Å². The zero-order valence-electron chi connectivity index (χ0n) is 7.09. The fraction of sp³-hybridized carbons (Fsp3) is 0.200. The van der Waals surface area contributed by atoms with Gasteiger partial charge in [-0.15, -0.1) is 11.3 Å². The van der Waals surface area contributed by atoms with Crippen molar-refractivity contribution < 1.29 is 0 Å². The summed E-state index contributed by atoms with van der Waals surface area (Å²) < 4.78 is 1.24. The fourth-order valence-electron chi connectivity index (χ4n) is 1.38. The smallest absolute Gasteiger partial charge is 0.0452 e. The molecule has 1 nitrogen and oxygen atoms in total. The third kappa shape index (κ3) is 1.70. The molecule has 0 saturated carbocycles. The predicted octanol–water partition coefficient (Wildman–Crippen LogP) is 3.06. The minimum absolute atomic E-state index is 0.648. The summed E-state index contributed by atoms with van der Waals surface area (Å²) in [5, 5.41) is 4.17. The monoisotopic (exact) mass is 211 g/mol. The lowest BCUT2D eigenvalue weighted by molar-refractivity contribution is 0.971. The van der Waals surface area contributed by atoms with Gasteiger partial charge in [-0.25, -0.2) is 0 Å². The largest absolute Gasteiger partial charge is 0.330 e. The molecular formula is C10H10ClNS. The summed E-state index contributed by atoms with van der Waals surface area (Å²) in [7, 11) is 0. The summed E-state index contributed by atoms with van der Waals surface area (Å²) >= 11 is 7.80. The van der Waals surface area contributed by atoms with E-state index in [1.807, 2.05) is 6.07 Å². The Hall–Kier alpha value is -0.570. The van der Waals surface area contributed by atoms with Crippen molar-refractivity contribution in [1.82, 2.24) is 0 Å². The average Bonchev–Trinajstić information content (AvgIpc) is 2.52. The molecule has 0 saturated heterocycles. The predicted molar refractivity (Wildman–Crippen MR) is 59.6 cm³/mol. The highest BCUT2D eigenvalue weighted by Crippen LogP contribution is 2.27. The van der Waals surface area contributed by atoms with Crippen LogP contribution >= 0.6 is 22.9 Å². The van der Waals surface area contributed by atoms with Crippen molar-refractivity contribution in [3.05, 3.63) is 34.2 Å². The van der Waals surface area contributed by atoms with Gasteiger partial charge in [-0.2, -0.15) is 0 Å². The first kappa shape index (κ1) is 9.00. The lowest BCUT2D eigenvalue weighted by atomic mass is 10.1. The molecule has 0 aliphatic carbocycles. The van der Waals surface area contributed by atoms with E-state index in [0.29, 0.717) is 6.54 Å². The lowest BCUT2D eigenvalue weighted by Gasteiger charge is -2.02. The highest BCUT2D eigenvalue weighted by molar-refractivity contribution is 7.17. The van der Waals surface area contributed by atoms with Gasteiger partial charge in [0, 0.05) is 9.72 Å². The van der Waals surface area contributed by atoms with E-state index in [9.17, 15) is 0 Å². The van der Waals surface area contributed by atoms with Crippen LogP contribution in [0.3, 0.4) is 0 Å². The molecule has 0 spiro atoms. The molecule has 0 unspecified atom stereocenters. The summed E-state index contributed by atoms with van der Waals surface area (Å²) in [4.78, 5) is 0. The molecule has 0 amide bonds. The van der Waals surface area contributed by atoms with Crippen molar-refractivity contribution in [3.8, 4) is 0 Å². The number of hydrogen-bond acceptors (Lipinski definition) is 2. The van der Waals surface area contributed by atoms with Crippen LogP contribution in [0.5, 0.6) is 0 Å². The van der Waals surface area contributed by atoms with Crippen LogP contribution in [0.1, 0.15) is 5.56 Å². The Morgan fingerprint density at radius 2 is 2.23 bits per heavy atom. The van der Waals surface area contributed by atoms with E-state index in [1.165, 1.54) is 10.1 Å². The summed E-state index contributed by atoms with van der Waals surface area (Å²) in [6.45, 7) is 0.648. The molecule has 3 heteroatoms. The third-order valence-electron chi connectivity index (χ3n) is 2.04. The molecule has 1 aromatic heterocycles. The number of thiophene rings is 1. The highest BCUT2D eigenvalue weighted by Gasteiger charge is 2.02. The SMILES string of the molecule is NCCc1cc2ccsc2cc1Cl. The van der Waals surface area contributed by atoms with Crippen molar-refractivity contribution in [3.63, 3.8) is 0 Å². The number of nitrogens with two attached hydrogens (primary N) is 1. The Balaban J connectivity index is 2.56. The van der Waals surface area contributed by atoms with Gasteiger partial charge in [-0.1, -0.05) is 11.6 Å². The molecule has 68 valence electrons. The second kappa shape index (κ2) is 3.66. The minimum atomic E-state index is 0.648. The van der Waals surface area contributed by atoms with E-state index in [1.54, 1.807) is 11.3 Å². The number of benzene rings is 1. The standard InChI is InChI=1S/C10H10ClNS/c11-9-6-10-8(2-4-13-10)5-7(9)1-3-12/h2,4-6H,1,3,12H2. The molecule has 0 atom stereocenters. The minimum Gasteiger partial charge on any atom is -0.330 e. The molecule has 1 heterocycles. The maximum Gasteiger partial charge on any atom is 0.0452 e. The average molecular weight is 212 g/mol. The van der Waals surface area contributed by atoms with Gasteiger partial charge >= 0.3 is 0 Å². The van der Waals surface area contributed by atoms with Crippen LogP contribution < -0.4 is 5.73 Å². The molecule has 0 aliphatic rings. The van der Waals surface area contributed by atoms with Crippen molar-refractivity contribution in [2.75, 3.05) is 6.54 Å². The number of fused-ring (bicyclic) bond motifs is 1. The van der Waals surface area contributed by atoms with Gasteiger partial charge in [-0.05, 0) is 47.5 Å². The topological polar surface area (TPSA) is 26.0 Å². The van der Waals surface area contributed by atoms with E-state index in [-0.39, 0.29) is 0 Å². The van der Waals surface area contributed by atoms with Crippen LogP contribution in [0, 0.1) is 0 Å². The normalized spacial score (nSPS) is 10.9. The van der Waals surface area contributed by atoms with Crippen molar-refractivity contribution >= 4 is 33.0 Å². The Morgan fingerprint density at radius 3 is 3.00 bits per heavy atom. The van der Waals surface area contributed by atoms with Gasteiger partial charge in [0.25, 0.3) is 0 Å². The molecule has 2 N–H and O–H groups in total. The van der Waals surface area contributed by atoms with E-state index < -0.39 is 0 Å². The van der Waals surface area contributed by atoms with E-state index >= 15 is 0 Å². The third-order valence-corrected chi connectivity index (χ3v) is 3.27. The first-order valence-electron chi connectivity index (χ1n) is 4.17. The van der Waals surface area contributed by atoms with Gasteiger partial charge in [0.05, 0.1) is 0 Å². The summed E-state index contributed by atoms with van der Waals surface area (Å²) in [5.41, 5.74) is 6.64. The summed E-state index contributed by atoms with van der Waals surface area (Å²) in [6.07, 6.45) is 0.852. The molecule has 13 heavy (non-hydrogen) atoms. The van der Waals surface area contributed by atoms with Crippen molar-refractivity contribution in [1.29, 1.82) is 0 Å². The zero-order valence-corrected chi connectivity index (χ0v) is 8.66. The lowest BCUT2D eigenvalue weighted by Crippen LogP contribution is -2.02. The Kier molecular flexibility index (Phi) is 2.54. The number of rotatable bonds is 2.